The fourth-order valence-electron chi connectivity index (χ4n) is 2.78. The van der Waals surface area contributed by atoms with Crippen LogP contribution in [0.25, 0.3) is 5.69 Å². The Bertz CT molecular complexity index is 1250. The molecule has 0 saturated carbocycles. The SMILES string of the molecule is CCOC(=O)c1nn(-c2ccccc2)c(=O)cc1OCC(=O)Nc1nc(C)c(C(=O)OCC)s1. The van der Waals surface area contributed by atoms with Crippen LogP contribution in [0.1, 0.15) is 39.7 Å². The lowest BCUT2D eigenvalue weighted by Crippen LogP contribution is -2.27. The molecule has 0 bridgehead atoms. The quantitative estimate of drug-likeness (QED) is 0.452. The monoisotopic (exact) mass is 486 g/mol. The molecule has 34 heavy (non-hydrogen) atoms. The third-order valence-electron chi connectivity index (χ3n) is 4.23. The van der Waals surface area contributed by atoms with Gasteiger partial charge in [0.1, 0.15) is 4.88 Å². The predicted molar refractivity (Wildman–Crippen MR) is 123 cm³/mol. The van der Waals surface area contributed by atoms with Gasteiger partial charge in [-0.15, -0.1) is 0 Å². The second-order valence-corrected chi connectivity index (χ2v) is 7.65. The number of aryl methyl sites for hydroxylation is 1. The molecule has 0 fully saturated rings. The first-order valence-electron chi connectivity index (χ1n) is 10.3. The number of carbonyl (C=O) groups is 3. The van der Waals surface area contributed by atoms with E-state index in [0.717, 1.165) is 22.1 Å². The zero-order chi connectivity index (χ0) is 24.7. The minimum Gasteiger partial charge on any atom is -0.481 e. The molecule has 178 valence electrons. The van der Waals surface area contributed by atoms with Crippen LogP contribution in [0.5, 0.6) is 5.75 Å². The molecule has 0 radical (unpaired) electrons. The Morgan fingerprint density at radius 1 is 1.06 bits per heavy atom. The van der Waals surface area contributed by atoms with E-state index in [0.29, 0.717) is 11.4 Å². The van der Waals surface area contributed by atoms with Crippen LogP contribution in [-0.2, 0) is 14.3 Å². The topological polar surface area (TPSA) is 139 Å². The Morgan fingerprint density at radius 2 is 1.74 bits per heavy atom. The summed E-state index contributed by atoms with van der Waals surface area (Å²) in [5.74, 6) is -2.16. The van der Waals surface area contributed by atoms with Gasteiger partial charge in [0.2, 0.25) is 5.69 Å². The Kier molecular flexibility index (Phi) is 8.09. The highest BCUT2D eigenvalue weighted by atomic mass is 32.1. The highest BCUT2D eigenvalue weighted by Gasteiger charge is 2.22. The van der Waals surface area contributed by atoms with E-state index in [2.05, 4.69) is 15.4 Å². The number of hydrogen-bond acceptors (Lipinski definition) is 10. The van der Waals surface area contributed by atoms with Crippen molar-refractivity contribution in [2.45, 2.75) is 20.8 Å². The molecule has 0 saturated heterocycles. The smallest absolute Gasteiger partial charge is 0.362 e. The van der Waals surface area contributed by atoms with Crippen molar-refractivity contribution >= 4 is 34.3 Å². The van der Waals surface area contributed by atoms with Crippen molar-refractivity contribution in [2.75, 3.05) is 25.1 Å². The van der Waals surface area contributed by atoms with E-state index in [-0.39, 0.29) is 34.7 Å². The van der Waals surface area contributed by atoms with E-state index >= 15 is 0 Å². The maximum atomic E-state index is 12.6. The van der Waals surface area contributed by atoms with Gasteiger partial charge in [0, 0.05) is 0 Å². The lowest BCUT2D eigenvalue weighted by Gasteiger charge is -2.12. The van der Waals surface area contributed by atoms with Crippen molar-refractivity contribution in [1.82, 2.24) is 14.8 Å². The third-order valence-corrected chi connectivity index (χ3v) is 5.28. The maximum Gasteiger partial charge on any atom is 0.362 e. The van der Waals surface area contributed by atoms with Crippen LogP contribution in [-0.4, -0.2) is 52.4 Å². The molecular formula is C22H22N4O7S. The fraction of sp³-hybridized carbons (Fsp3) is 0.273. The number of amides is 1. The fourth-order valence-corrected chi connectivity index (χ4v) is 3.66. The summed E-state index contributed by atoms with van der Waals surface area (Å²) in [5.41, 5.74) is 0.0361. The number of thiazole rings is 1. The number of carbonyl (C=O) groups excluding carboxylic acids is 3. The lowest BCUT2D eigenvalue weighted by atomic mass is 10.3. The molecule has 1 aromatic carbocycles. The Hall–Kier alpha value is -4.06. The number of nitrogens with one attached hydrogen (secondary N) is 1. The molecule has 0 aliphatic rings. The zero-order valence-electron chi connectivity index (χ0n) is 18.7. The van der Waals surface area contributed by atoms with Gasteiger partial charge in [-0.3, -0.25) is 14.9 Å². The minimum atomic E-state index is -0.808. The Balaban J connectivity index is 1.78. The van der Waals surface area contributed by atoms with Gasteiger partial charge in [0.05, 0.1) is 30.7 Å². The number of anilines is 1. The summed E-state index contributed by atoms with van der Waals surface area (Å²) in [6, 6.07) is 9.57. The highest BCUT2D eigenvalue weighted by molar-refractivity contribution is 7.17. The summed E-state index contributed by atoms with van der Waals surface area (Å²) in [6.07, 6.45) is 0. The average Bonchev–Trinajstić information content (AvgIpc) is 3.18. The van der Waals surface area contributed by atoms with Crippen LogP contribution in [0.15, 0.2) is 41.2 Å². The van der Waals surface area contributed by atoms with E-state index in [9.17, 15) is 19.2 Å². The molecule has 1 amide bonds. The number of rotatable bonds is 9. The van der Waals surface area contributed by atoms with Gasteiger partial charge in [0.25, 0.3) is 11.5 Å². The molecule has 1 N–H and O–H groups in total. The van der Waals surface area contributed by atoms with Crippen molar-refractivity contribution < 1.29 is 28.6 Å². The summed E-state index contributed by atoms with van der Waals surface area (Å²) in [6.45, 7) is 4.68. The number of ether oxygens (including phenoxy) is 3. The van der Waals surface area contributed by atoms with Gasteiger partial charge >= 0.3 is 11.9 Å². The van der Waals surface area contributed by atoms with Crippen molar-refractivity contribution in [1.29, 1.82) is 0 Å². The number of hydrogen-bond donors (Lipinski definition) is 1. The minimum absolute atomic E-state index is 0.0805. The maximum absolute atomic E-state index is 12.6. The van der Waals surface area contributed by atoms with Gasteiger partial charge in [0.15, 0.2) is 17.5 Å². The van der Waals surface area contributed by atoms with Crippen molar-refractivity contribution in [3.8, 4) is 11.4 Å². The van der Waals surface area contributed by atoms with Crippen molar-refractivity contribution in [2.24, 2.45) is 0 Å². The van der Waals surface area contributed by atoms with E-state index in [4.69, 9.17) is 14.2 Å². The molecule has 2 heterocycles. The molecule has 0 aliphatic carbocycles. The largest absolute Gasteiger partial charge is 0.481 e. The van der Waals surface area contributed by atoms with E-state index in [1.54, 1.807) is 51.1 Å². The number of nitrogens with zero attached hydrogens (tertiary/aromatic N) is 3. The zero-order valence-corrected chi connectivity index (χ0v) is 19.5. The molecule has 11 nitrogen and oxygen atoms in total. The van der Waals surface area contributed by atoms with E-state index < -0.39 is 30.0 Å². The van der Waals surface area contributed by atoms with E-state index in [1.165, 1.54) is 0 Å². The first-order valence-corrected chi connectivity index (χ1v) is 11.1. The van der Waals surface area contributed by atoms with Crippen LogP contribution >= 0.6 is 11.3 Å². The number of benzene rings is 1. The molecule has 3 rings (SSSR count). The lowest BCUT2D eigenvalue weighted by molar-refractivity contribution is -0.118. The number of esters is 2. The molecule has 0 unspecified atom stereocenters. The summed E-state index contributed by atoms with van der Waals surface area (Å²) in [4.78, 5) is 53.7. The third kappa shape index (κ3) is 5.84. The van der Waals surface area contributed by atoms with Crippen LogP contribution in [0, 0.1) is 6.92 Å². The molecule has 3 aromatic rings. The summed E-state index contributed by atoms with van der Waals surface area (Å²) < 4.78 is 16.4. The molecule has 2 aromatic heterocycles. The van der Waals surface area contributed by atoms with Crippen LogP contribution in [0.4, 0.5) is 5.13 Å². The number of aromatic nitrogens is 3. The average molecular weight is 487 g/mol. The Morgan fingerprint density at radius 3 is 2.41 bits per heavy atom. The number of para-hydroxylation sites is 1. The summed E-state index contributed by atoms with van der Waals surface area (Å²) in [5, 5.41) is 6.78. The van der Waals surface area contributed by atoms with Gasteiger partial charge < -0.3 is 14.2 Å². The second-order valence-electron chi connectivity index (χ2n) is 6.65. The highest BCUT2D eigenvalue weighted by Crippen LogP contribution is 2.23. The van der Waals surface area contributed by atoms with Gasteiger partial charge in [-0.1, -0.05) is 29.5 Å². The van der Waals surface area contributed by atoms with Gasteiger partial charge in [-0.25, -0.2) is 14.6 Å². The van der Waals surface area contributed by atoms with Crippen molar-refractivity contribution in [3.63, 3.8) is 0 Å². The van der Waals surface area contributed by atoms with Crippen LogP contribution < -0.4 is 15.6 Å². The normalized spacial score (nSPS) is 10.4. The second kappa shape index (κ2) is 11.2. The van der Waals surface area contributed by atoms with Crippen LogP contribution in [0.2, 0.25) is 0 Å². The Labute approximate surface area is 198 Å². The first kappa shape index (κ1) is 24.6. The molecule has 0 atom stereocenters. The molecule has 0 aliphatic heterocycles. The standard InChI is InChI=1S/C22H22N4O7S/c1-4-31-20(29)18-15(11-17(28)26(25-18)14-9-7-6-8-10-14)33-12-16(27)24-22-23-13(3)19(34-22)21(30)32-5-2/h6-11H,4-5,12H2,1-3H3,(H,23,24,27). The summed E-state index contributed by atoms with van der Waals surface area (Å²) in [7, 11) is 0. The predicted octanol–water partition coefficient (Wildman–Crippen LogP) is 2.37. The van der Waals surface area contributed by atoms with Gasteiger partial charge in [-0.05, 0) is 32.9 Å². The summed E-state index contributed by atoms with van der Waals surface area (Å²) >= 11 is 0.961. The molecular weight excluding hydrogens is 464 g/mol. The first-order chi connectivity index (χ1) is 16.3. The molecule has 0 spiro atoms. The van der Waals surface area contributed by atoms with E-state index in [1.807, 2.05) is 0 Å². The van der Waals surface area contributed by atoms with Gasteiger partial charge in [-0.2, -0.15) is 9.78 Å². The van der Waals surface area contributed by atoms with Crippen molar-refractivity contribution in [3.05, 3.63) is 63.0 Å². The van der Waals surface area contributed by atoms with Crippen LogP contribution in [0.3, 0.4) is 0 Å². The molecule has 12 heteroatoms.